The fraction of sp³-hybridized carbons (Fsp3) is 0.167. The van der Waals surface area contributed by atoms with Crippen LogP contribution in [0.25, 0.3) is 0 Å². The van der Waals surface area contributed by atoms with Crippen molar-refractivity contribution in [1.82, 2.24) is 0 Å². The molecule has 1 aliphatic rings. The van der Waals surface area contributed by atoms with Crippen LogP contribution in [0.1, 0.15) is 16.7 Å². The number of methoxy groups -OCH3 is 1. The molecule has 1 unspecified atom stereocenters. The Labute approximate surface area is 170 Å². The lowest BCUT2D eigenvalue weighted by atomic mass is 9.86. The summed E-state index contributed by atoms with van der Waals surface area (Å²) in [6.45, 7) is 0. The van der Waals surface area contributed by atoms with E-state index in [1.807, 2.05) is 85.7 Å². The highest BCUT2D eigenvalue weighted by atomic mass is 32.2. The molecule has 0 fully saturated rings. The van der Waals surface area contributed by atoms with Crippen LogP contribution in [0.15, 0.2) is 76.5 Å². The number of fused-ring (bicyclic) bond motifs is 2. The smallest absolute Gasteiger partial charge is 0.179 e. The lowest BCUT2D eigenvalue weighted by molar-refractivity contribution is 0.138. The van der Waals surface area contributed by atoms with Gasteiger partial charge < -0.3 is 14.7 Å². The molecule has 4 heteroatoms. The molecule has 0 aromatic heterocycles. The minimum absolute atomic E-state index is 0.764. The van der Waals surface area contributed by atoms with Crippen molar-refractivity contribution in [3.05, 3.63) is 83.4 Å². The van der Waals surface area contributed by atoms with E-state index in [0.29, 0.717) is 0 Å². The molecule has 4 rings (SSSR count). The minimum Gasteiger partial charge on any atom is -0.497 e. The van der Waals surface area contributed by atoms with Gasteiger partial charge in [0.25, 0.3) is 0 Å². The number of hydrogen-bond donors (Lipinski definition) is 1. The van der Waals surface area contributed by atoms with Crippen LogP contribution >= 0.6 is 11.8 Å². The average molecular weight is 388 g/mol. The first-order valence-corrected chi connectivity index (χ1v) is 9.82. The second kappa shape index (κ2) is 7.27. The van der Waals surface area contributed by atoms with Gasteiger partial charge in [0.15, 0.2) is 5.60 Å². The van der Waals surface area contributed by atoms with Gasteiger partial charge in [-0.05, 0) is 48.5 Å². The summed E-state index contributed by atoms with van der Waals surface area (Å²) in [5, 5.41) is 11.7. The molecule has 0 aliphatic carbocycles. The molecule has 28 heavy (non-hydrogen) atoms. The minimum atomic E-state index is -1.37. The van der Waals surface area contributed by atoms with Crippen molar-refractivity contribution in [2.24, 2.45) is 0 Å². The summed E-state index contributed by atoms with van der Waals surface area (Å²) in [6.07, 6.45) is 0. The van der Waals surface area contributed by atoms with E-state index in [9.17, 15) is 5.11 Å². The van der Waals surface area contributed by atoms with Crippen LogP contribution in [0.2, 0.25) is 0 Å². The van der Waals surface area contributed by atoms with Gasteiger partial charge in [-0.15, -0.1) is 0 Å². The highest BCUT2D eigenvalue weighted by Crippen LogP contribution is 2.48. The molecule has 1 heterocycles. The molecule has 3 aromatic carbocycles. The van der Waals surface area contributed by atoms with E-state index in [-0.39, 0.29) is 0 Å². The largest absolute Gasteiger partial charge is 0.497 e. The molecule has 0 saturated heterocycles. The normalized spacial score (nSPS) is 17.0. The summed E-state index contributed by atoms with van der Waals surface area (Å²) in [5.41, 5.74) is 2.21. The zero-order chi connectivity index (χ0) is 19.7. The predicted molar refractivity (Wildman–Crippen MR) is 114 cm³/mol. The highest BCUT2D eigenvalue weighted by molar-refractivity contribution is 7.99. The van der Waals surface area contributed by atoms with E-state index < -0.39 is 5.60 Å². The second-order valence-corrected chi connectivity index (χ2v) is 7.95. The Hall–Kier alpha value is -2.87. The summed E-state index contributed by atoms with van der Waals surface area (Å²) in [7, 11) is 5.66. The summed E-state index contributed by atoms with van der Waals surface area (Å²) in [4.78, 5) is 4.00. The summed E-state index contributed by atoms with van der Waals surface area (Å²) >= 11 is 1.63. The second-order valence-electron chi connectivity index (χ2n) is 6.86. The van der Waals surface area contributed by atoms with E-state index in [4.69, 9.17) is 4.74 Å². The van der Waals surface area contributed by atoms with Crippen molar-refractivity contribution < 1.29 is 9.84 Å². The Bertz CT molecular complexity index is 1080. The van der Waals surface area contributed by atoms with Crippen LogP contribution in [0, 0.1) is 11.8 Å². The SMILES string of the molecule is COc1ccc2c(c1)Sc1ccccc1C2(O)C#Cc1ccc(N(C)C)cc1. The monoisotopic (exact) mass is 387 g/mol. The lowest BCUT2D eigenvalue weighted by Crippen LogP contribution is -2.29. The maximum Gasteiger partial charge on any atom is 0.179 e. The van der Waals surface area contributed by atoms with E-state index in [0.717, 1.165) is 37.9 Å². The predicted octanol–water partition coefficient (Wildman–Crippen LogP) is 4.51. The number of ether oxygens (including phenoxy) is 1. The maximum atomic E-state index is 11.7. The van der Waals surface area contributed by atoms with Crippen LogP contribution < -0.4 is 9.64 Å². The summed E-state index contributed by atoms with van der Waals surface area (Å²) in [6, 6.07) is 21.6. The number of hydrogen-bond acceptors (Lipinski definition) is 4. The van der Waals surface area contributed by atoms with Gasteiger partial charge in [0.05, 0.1) is 7.11 Å². The Morgan fingerprint density at radius 1 is 0.929 bits per heavy atom. The fourth-order valence-corrected chi connectivity index (χ4v) is 4.48. The molecule has 1 N–H and O–H groups in total. The zero-order valence-electron chi connectivity index (χ0n) is 16.1. The molecule has 1 aliphatic heterocycles. The molecule has 3 nitrogen and oxygen atoms in total. The summed E-state index contributed by atoms with van der Waals surface area (Å²) < 4.78 is 5.36. The molecular weight excluding hydrogens is 366 g/mol. The van der Waals surface area contributed by atoms with Gasteiger partial charge in [0.1, 0.15) is 5.75 Å². The molecule has 1 atom stereocenters. The van der Waals surface area contributed by atoms with Crippen molar-refractivity contribution in [1.29, 1.82) is 0 Å². The Balaban J connectivity index is 1.82. The lowest BCUT2D eigenvalue weighted by Gasteiger charge is -2.32. The number of aliphatic hydroxyl groups is 1. The van der Waals surface area contributed by atoms with Gasteiger partial charge in [-0.2, -0.15) is 0 Å². The quantitative estimate of drug-likeness (QED) is 0.656. The Morgan fingerprint density at radius 3 is 2.36 bits per heavy atom. The molecule has 0 bridgehead atoms. The Morgan fingerprint density at radius 2 is 1.64 bits per heavy atom. The molecule has 0 radical (unpaired) electrons. The number of rotatable bonds is 2. The van der Waals surface area contributed by atoms with Gasteiger partial charge in [0.2, 0.25) is 0 Å². The first-order valence-electron chi connectivity index (χ1n) is 9.00. The molecule has 140 valence electrons. The third-order valence-corrected chi connectivity index (χ3v) is 5.98. The molecule has 0 amide bonds. The topological polar surface area (TPSA) is 32.7 Å². The first-order chi connectivity index (χ1) is 13.5. The number of anilines is 1. The third kappa shape index (κ3) is 3.24. The molecule has 3 aromatic rings. The molecular formula is C24H21NO2S. The summed E-state index contributed by atoms with van der Waals surface area (Å²) in [5.74, 6) is 7.09. The van der Waals surface area contributed by atoms with Crippen LogP contribution in [0.3, 0.4) is 0 Å². The fourth-order valence-electron chi connectivity index (χ4n) is 3.27. The van der Waals surface area contributed by atoms with Crippen molar-refractivity contribution in [2.75, 3.05) is 26.1 Å². The number of nitrogens with zero attached hydrogens (tertiary/aromatic N) is 1. The van der Waals surface area contributed by atoms with Gasteiger partial charge >= 0.3 is 0 Å². The highest BCUT2D eigenvalue weighted by Gasteiger charge is 2.38. The molecule has 0 saturated carbocycles. The average Bonchev–Trinajstić information content (AvgIpc) is 2.72. The van der Waals surface area contributed by atoms with E-state index in [2.05, 4.69) is 11.8 Å². The maximum absolute atomic E-state index is 11.7. The van der Waals surface area contributed by atoms with Gasteiger partial charge in [-0.25, -0.2) is 0 Å². The van der Waals surface area contributed by atoms with Gasteiger partial charge in [-0.3, -0.25) is 0 Å². The van der Waals surface area contributed by atoms with Crippen molar-refractivity contribution >= 4 is 17.4 Å². The third-order valence-electron chi connectivity index (χ3n) is 4.85. The van der Waals surface area contributed by atoms with Crippen LogP contribution in [0.4, 0.5) is 5.69 Å². The van der Waals surface area contributed by atoms with Crippen molar-refractivity contribution in [3.63, 3.8) is 0 Å². The zero-order valence-corrected chi connectivity index (χ0v) is 16.9. The first kappa shape index (κ1) is 18.5. The van der Waals surface area contributed by atoms with Gasteiger partial charge in [0, 0.05) is 46.3 Å². The van der Waals surface area contributed by atoms with Crippen molar-refractivity contribution in [2.45, 2.75) is 15.4 Å². The van der Waals surface area contributed by atoms with Crippen LogP contribution in [-0.4, -0.2) is 26.3 Å². The van der Waals surface area contributed by atoms with Gasteiger partial charge in [-0.1, -0.05) is 41.8 Å². The van der Waals surface area contributed by atoms with Crippen molar-refractivity contribution in [3.8, 4) is 17.6 Å². The van der Waals surface area contributed by atoms with E-state index in [1.54, 1.807) is 18.9 Å². The number of benzene rings is 3. The van der Waals surface area contributed by atoms with Crippen LogP contribution in [-0.2, 0) is 5.60 Å². The Kier molecular flexibility index (Phi) is 4.80. The van der Waals surface area contributed by atoms with Crippen LogP contribution in [0.5, 0.6) is 5.75 Å². The van der Waals surface area contributed by atoms with E-state index >= 15 is 0 Å². The molecule has 0 spiro atoms. The van der Waals surface area contributed by atoms with E-state index in [1.165, 1.54) is 0 Å². The standard InChI is InChI=1S/C24H21NO2S/c1-25(2)18-10-8-17(9-11-18)14-15-24(26)20-6-4-5-7-22(20)28-23-16-19(27-3)12-13-21(23)24/h4-13,16,26H,1-3H3.